The number of carbonyl (C=O) groups is 2. The van der Waals surface area contributed by atoms with E-state index in [1.54, 1.807) is 19.2 Å². The standard InChI is InChI=1S/C20H24N2O3/c1-14-6-4-8-17(10-14)15(2)12-21-19(23)20(24)22-18-9-5-7-16(11-18)13-25-3/h4-11,15H,12-13H2,1-3H3,(H,21,23)(H,22,24). The molecule has 0 aromatic heterocycles. The van der Waals surface area contributed by atoms with Crippen molar-refractivity contribution in [3.8, 4) is 0 Å². The van der Waals surface area contributed by atoms with Gasteiger partial charge in [-0.1, -0.05) is 48.9 Å². The lowest BCUT2D eigenvalue weighted by Gasteiger charge is -2.14. The molecule has 0 heterocycles. The van der Waals surface area contributed by atoms with Crippen LogP contribution in [0.25, 0.3) is 0 Å². The van der Waals surface area contributed by atoms with Gasteiger partial charge in [0, 0.05) is 19.3 Å². The largest absolute Gasteiger partial charge is 0.380 e. The fraction of sp³-hybridized carbons (Fsp3) is 0.300. The molecule has 2 aromatic carbocycles. The molecule has 0 aliphatic heterocycles. The Morgan fingerprint density at radius 3 is 2.56 bits per heavy atom. The van der Waals surface area contributed by atoms with E-state index in [1.165, 1.54) is 5.56 Å². The number of rotatable bonds is 6. The van der Waals surface area contributed by atoms with Crippen LogP contribution in [-0.4, -0.2) is 25.5 Å². The SMILES string of the molecule is COCc1cccc(NC(=O)C(=O)NCC(C)c2cccc(C)c2)c1. The van der Waals surface area contributed by atoms with Crippen LogP contribution in [0.1, 0.15) is 29.5 Å². The number of hydrogen-bond acceptors (Lipinski definition) is 3. The molecule has 0 aliphatic rings. The number of nitrogens with one attached hydrogen (secondary N) is 2. The first kappa shape index (κ1) is 18.7. The van der Waals surface area contributed by atoms with Crippen molar-refractivity contribution in [2.45, 2.75) is 26.4 Å². The van der Waals surface area contributed by atoms with Gasteiger partial charge >= 0.3 is 11.8 Å². The van der Waals surface area contributed by atoms with Gasteiger partial charge < -0.3 is 15.4 Å². The second-order valence-corrected chi connectivity index (χ2v) is 6.11. The Kier molecular flexibility index (Phi) is 6.71. The van der Waals surface area contributed by atoms with E-state index in [1.807, 2.05) is 44.2 Å². The van der Waals surface area contributed by atoms with Crippen molar-refractivity contribution < 1.29 is 14.3 Å². The van der Waals surface area contributed by atoms with E-state index < -0.39 is 11.8 Å². The Morgan fingerprint density at radius 1 is 1.08 bits per heavy atom. The van der Waals surface area contributed by atoms with Crippen LogP contribution in [0.2, 0.25) is 0 Å². The zero-order valence-electron chi connectivity index (χ0n) is 14.8. The average molecular weight is 340 g/mol. The van der Waals surface area contributed by atoms with Crippen molar-refractivity contribution in [3.63, 3.8) is 0 Å². The molecule has 0 radical (unpaired) electrons. The highest BCUT2D eigenvalue weighted by atomic mass is 16.5. The number of benzene rings is 2. The van der Waals surface area contributed by atoms with E-state index in [4.69, 9.17) is 4.74 Å². The summed E-state index contributed by atoms with van der Waals surface area (Å²) >= 11 is 0. The fourth-order valence-corrected chi connectivity index (χ4v) is 2.51. The Balaban J connectivity index is 1.88. The molecule has 1 unspecified atom stereocenters. The minimum Gasteiger partial charge on any atom is -0.380 e. The second kappa shape index (κ2) is 8.99. The van der Waals surface area contributed by atoms with E-state index in [9.17, 15) is 9.59 Å². The van der Waals surface area contributed by atoms with E-state index in [0.717, 1.165) is 11.1 Å². The normalized spacial score (nSPS) is 11.6. The van der Waals surface area contributed by atoms with Crippen LogP contribution in [-0.2, 0) is 20.9 Å². The number of methoxy groups -OCH3 is 1. The topological polar surface area (TPSA) is 67.4 Å². The Bertz CT molecular complexity index is 743. The molecule has 0 saturated heterocycles. The van der Waals surface area contributed by atoms with Gasteiger partial charge in [0.2, 0.25) is 0 Å². The molecule has 25 heavy (non-hydrogen) atoms. The van der Waals surface area contributed by atoms with Gasteiger partial charge in [-0.15, -0.1) is 0 Å². The van der Waals surface area contributed by atoms with Crippen molar-refractivity contribution >= 4 is 17.5 Å². The third-order valence-electron chi connectivity index (χ3n) is 3.88. The van der Waals surface area contributed by atoms with Gasteiger partial charge in [-0.3, -0.25) is 9.59 Å². The Morgan fingerprint density at radius 2 is 1.84 bits per heavy atom. The highest BCUT2D eigenvalue weighted by molar-refractivity contribution is 6.39. The molecule has 2 N–H and O–H groups in total. The second-order valence-electron chi connectivity index (χ2n) is 6.11. The van der Waals surface area contributed by atoms with Gasteiger partial charge in [-0.05, 0) is 36.1 Å². The summed E-state index contributed by atoms with van der Waals surface area (Å²) in [7, 11) is 1.61. The molecule has 0 aliphatic carbocycles. The summed E-state index contributed by atoms with van der Waals surface area (Å²) in [6.07, 6.45) is 0. The van der Waals surface area contributed by atoms with E-state index >= 15 is 0 Å². The summed E-state index contributed by atoms with van der Waals surface area (Å²) < 4.78 is 5.06. The first-order chi connectivity index (χ1) is 12.0. The molecule has 132 valence electrons. The van der Waals surface area contributed by atoms with Crippen LogP contribution in [0.5, 0.6) is 0 Å². The third-order valence-corrected chi connectivity index (χ3v) is 3.88. The number of carbonyl (C=O) groups excluding carboxylic acids is 2. The molecule has 2 rings (SSSR count). The van der Waals surface area contributed by atoms with Crippen molar-refractivity contribution in [3.05, 3.63) is 65.2 Å². The summed E-state index contributed by atoms with van der Waals surface area (Å²) in [5.74, 6) is -1.19. The van der Waals surface area contributed by atoms with Crippen LogP contribution in [0.3, 0.4) is 0 Å². The fourth-order valence-electron chi connectivity index (χ4n) is 2.51. The minimum absolute atomic E-state index is 0.127. The molecule has 0 saturated carbocycles. The van der Waals surface area contributed by atoms with Crippen molar-refractivity contribution in [1.29, 1.82) is 0 Å². The predicted molar refractivity (Wildman–Crippen MR) is 98.4 cm³/mol. The Labute approximate surface area is 148 Å². The molecule has 1 atom stereocenters. The van der Waals surface area contributed by atoms with Crippen molar-refractivity contribution in [2.75, 3.05) is 19.0 Å². The smallest absolute Gasteiger partial charge is 0.313 e. The number of aryl methyl sites for hydroxylation is 1. The quantitative estimate of drug-likeness (QED) is 0.795. The molecule has 2 amide bonds. The monoisotopic (exact) mass is 340 g/mol. The maximum absolute atomic E-state index is 12.0. The van der Waals surface area contributed by atoms with Gasteiger partial charge in [0.25, 0.3) is 0 Å². The third kappa shape index (κ3) is 5.72. The molecule has 5 heteroatoms. The van der Waals surface area contributed by atoms with Gasteiger partial charge in [-0.25, -0.2) is 0 Å². The van der Waals surface area contributed by atoms with Crippen molar-refractivity contribution in [1.82, 2.24) is 5.32 Å². The number of amides is 2. The maximum Gasteiger partial charge on any atom is 0.313 e. The first-order valence-corrected chi connectivity index (χ1v) is 8.23. The predicted octanol–water partition coefficient (Wildman–Crippen LogP) is 3.00. The Hall–Kier alpha value is -2.66. The molecule has 2 aromatic rings. The van der Waals surface area contributed by atoms with Gasteiger partial charge in [0.15, 0.2) is 0 Å². The number of ether oxygens (including phenoxy) is 1. The van der Waals surface area contributed by atoms with E-state index in [-0.39, 0.29) is 5.92 Å². The van der Waals surface area contributed by atoms with Crippen molar-refractivity contribution in [2.24, 2.45) is 0 Å². The molecular weight excluding hydrogens is 316 g/mol. The number of hydrogen-bond donors (Lipinski definition) is 2. The first-order valence-electron chi connectivity index (χ1n) is 8.23. The van der Waals surface area contributed by atoms with Gasteiger partial charge in [0.1, 0.15) is 0 Å². The lowest BCUT2D eigenvalue weighted by Crippen LogP contribution is -2.37. The van der Waals surface area contributed by atoms with Crippen LogP contribution < -0.4 is 10.6 Å². The lowest BCUT2D eigenvalue weighted by atomic mass is 9.99. The molecular formula is C20H24N2O3. The van der Waals surface area contributed by atoms with Crippen LogP contribution in [0.15, 0.2) is 48.5 Å². The molecule has 0 spiro atoms. The highest BCUT2D eigenvalue weighted by Crippen LogP contribution is 2.15. The zero-order chi connectivity index (χ0) is 18.2. The van der Waals surface area contributed by atoms with Gasteiger partial charge in [0.05, 0.1) is 6.61 Å². The van der Waals surface area contributed by atoms with E-state index in [2.05, 4.69) is 16.7 Å². The minimum atomic E-state index is -0.675. The van der Waals surface area contributed by atoms with Crippen LogP contribution in [0.4, 0.5) is 5.69 Å². The molecule has 0 fully saturated rings. The lowest BCUT2D eigenvalue weighted by molar-refractivity contribution is -0.136. The molecule has 0 bridgehead atoms. The van der Waals surface area contributed by atoms with E-state index in [0.29, 0.717) is 18.8 Å². The molecule has 5 nitrogen and oxygen atoms in total. The summed E-state index contributed by atoms with van der Waals surface area (Å²) in [4.78, 5) is 24.0. The van der Waals surface area contributed by atoms with Crippen LogP contribution in [0, 0.1) is 6.92 Å². The number of anilines is 1. The summed E-state index contributed by atoms with van der Waals surface area (Å²) in [6, 6.07) is 15.3. The van der Waals surface area contributed by atoms with Gasteiger partial charge in [-0.2, -0.15) is 0 Å². The average Bonchev–Trinajstić information content (AvgIpc) is 2.60. The summed E-state index contributed by atoms with van der Waals surface area (Å²) in [5.41, 5.74) is 3.80. The highest BCUT2D eigenvalue weighted by Gasteiger charge is 2.15. The summed E-state index contributed by atoms with van der Waals surface area (Å²) in [5, 5.41) is 5.29. The maximum atomic E-state index is 12.0. The zero-order valence-corrected chi connectivity index (χ0v) is 14.8. The van der Waals surface area contributed by atoms with Crippen LogP contribution >= 0.6 is 0 Å². The summed E-state index contributed by atoms with van der Waals surface area (Å²) in [6.45, 7) is 4.89.